The van der Waals surface area contributed by atoms with Crippen LogP contribution in [0.2, 0.25) is 5.02 Å². The summed E-state index contributed by atoms with van der Waals surface area (Å²) in [4.78, 5) is 4.03. The number of thiazole rings is 1. The zero-order chi connectivity index (χ0) is 10.3. The maximum atomic E-state index is 13.4. The Bertz CT molecular complexity index is 502. The summed E-state index contributed by atoms with van der Waals surface area (Å²) in [5, 5.41) is 8.85. The van der Waals surface area contributed by atoms with Crippen LogP contribution in [-0.2, 0) is 6.61 Å². The largest absolute Gasteiger partial charge is 0.392 e. The van der Waals surface area contributed by atoms with Gasteiger partial charge < -0.3 is 5.11 Å². The average molecular weight is 297 g/mol. The second kappa shape index (κ2) is 3.73. The molecule has 0 aliphatic carbocycles. The summed E-state index contributed by atoms with van der Waals surface area (Å²) in [6.45, 7) is -0.364. The lowest BCUT2D eigenvalue weighted by Crippen LogP contribution is -1.90. The first-order chi connectivity index (χ1) is 6.63. The van der Waals surface area contributed by atoms with Gasteiger partial charge in [0, 0.05) is 5.56 Å². The lowest BCUT2D eigenvalue weighted by molar-refractivity contribution is 0.276. The summed E-state index contributed by atoms with van der Waals surface area (Å²) in [6, 6.07) is 1.55. The summed E-state index contributed by atoms with van der Waals surface area (Å²) in [6.07, 6.45) is 0. The number of nitrogens with zero attached hydrogens (tertiary/aromatic N) is 1. The van der Waals surface area contributed by atoms with Crippen LogP contribution in [0.3, 0.4) is 0 Å². The lowest BCUT2D eigenvalue weighted by atomic mass is 10.2. The minimum absolute atomic E-state index is 0.0338. The molecule has 0 aliphatic rings. The second-order valence-electron chi connectivity index (χ2n) is 2.64. The van der Waals surface area contributed by atoms with Crippen LogP contribution in [0.5, 0.6) is 0 Å². The van der Waals surface area contributed by atoms with Gasteiger partial charge in [0.05, 0.1) is 11.3 Å². The molecule has 0 atom stereocenters. The zero-order valence-electron chi connectivity index (χ0n) is 6.72. The highest BCUT2D eigenvalue weighted by molar-refractivity contribution is 9.11. The highest BCUT2D eigenvalue weighted by Gasteiger charge is 2.14. The zero-order valence-corrected chi connectivity index (χ0v) is 9.88. The van der Waals surface area contributed by atoms with Gasteiger partial charge in [0.2, 0.25) is 0 Å². The van der Waals surface area contributed by atoms with Gasteiger partial charge in [-0.1, -0.05) is 11.6 Å². The molecule has 2 rings (SSSR count). The van der Waals surface area contributed by atoms with E-state index in [2.05, 4.69) is 20.9 Å². The number of aliphatic hydroxyl groups is 1. The molecule has 0 fully saturated rings. The Morgan fingerprint density at radius 1 is 1.64 bits per heavy atom. The van der Waals surface area contributed by atoms with Crippen LogP contribution in [0.25, 0.3) is 10.2 Å². The molecule has 6 heteroatoms. The molecular formula is C8H4BrClFNOS. The molecule has 0 radical (unpaired) electrons. The molecule has 1 heterocycles. The van der Waals surface area contributed by atoms with Gasteiger partial charge in [0.1, 0.15) is 16.4 Å². The molecule has 2 aromatic rings. The van der Waals surface area contributed by atoms with Crippen molar-refractivity contribution in [2.45, 2.75) is 6.61 Å². The van der Waals surface area contributed by atoms with E-state index in [0.29, 0.717) is 9.43 Å². The minimum Gasteiger partial charge on any atom is -0.392 e. The maximum Gasteiger partial charge on any atom is 0.160 e. The first kappa shape index (κ1) is 10.3. The highest BCUT2D eigenvalue weighted by atomic mass is 79.9. The van der Waals surface area contributed by atoms with Crippen LogP contribution in [-0.4, -0.2) is 10.1 Å². The fourth-order valence-corrected chi connectivity index (χ4v) is 2.93. The fourth-order valence-electron chi connectivity index (χ4n) is 1.14. The topological polar surface area (TPSA) is 33.1 Å². The lowest BCUT2D eigenvalue weighted by Gasteiger charge is -2.01. The Labute approximate surface area is 96.5 Å². The van der Waals surface area contributed by atoms with E-state index >= 15 is 0 Å². The second-order valence-corrected chi connectivity index (χ2v) is 5.32. The van der Waals surface area contributed by atoms with Crippen LogP contribution >= 0.6 is 38.9 Å². The number of hydrogen-bond donors (Lipinski definition) is 1. The van der Waals surface area contributed by atoms with Crippen LogP contribution in [0.1, 0.15) is 5.56 Å². The third kappa shape index (κ3) is 1.54. The summed E-state index contributed by atoms with van der Waals surface area (Å²) in [5.41, 5.74) is 0.622. The van der Waals surface area contributed by atoms with Gasteiger partial charge in [-0.25, -0.2) is 9.37 Å². The van der Waals surface area contributed by atoms with Crippen LogP contribution in [0.15, 0.2) is 9.98 Å². The molecule has 0 saturated heterocycles. The number of hydrogen-bond acceptors (Lipinski definition) is 3. The molecule has 0 aliphatic heterocycles. The monoisotopic (exact) mass is 295 g/mol. The number of benzene rings is 1. The van der Waals surface area contributed by atoms with E-state index in [1.165, 1.54) is 11.3 Å². The smallest absolute Gasteiger partial charge is 0.160 e. The summed E-state index contributed by atoms with van der Waals surface area (Å²) in [5.74, 6) is -0.598. The average Bonchev–Trinajstić information content (AvgIpc) is 2.52. The van der Waals surface area contributed by atoms with Gasteiger partial charge in [-0.15, -0.1) is 11.3 Å². The van der Waals surface area contributed by atoms with Crippen molar-refractivity contribution in [1.82, 2.24) is 4.98 Å². The molecular weight excluding hydrogens is 293 g/mol. The highest BCUT2D eigenvalue weighted by Crippen LogP contribution is 2.34. The van der Waals surface area contributed by atoms with Gasteiger partial charge >= 0.3 is 0 Å². The number of aliphatic hydroxyl groups excluding tert-OH is 1. The van der Waals surface area contributed by atoms with Gasteiger partial charge in [0.25, 0.3) is 0 Å². The molecule has 14 heavy (non-hydrogen) atoms. The fraction of sp³-hybridized carbons (Fsp3) is 0.125. The Kier molecular flexibility index (Phi) is 2.74. The summed E-state index contributed by atoms with van der Waals surface area (Å²) < 4.78 is 14.8. The van der Waals surface area contributed by atoms with Crippen molar-refractivity contribution in [1.29, 1.82) is 0 Å². The van der Waals surface area contributed by atoms with E-state index in [1.54, 1.807) is 6.07 Å². The third-order valence-corrected chi connectivity index (χ3v) is 3.58. The SMILES string of the molecule is OCc1cc2sc(Br)nc2c(Cl)c1F. The van der Waals surface area contributed by atoms with Gasteiger partial charge in [-0.2, -0.15) is 0 Å². The standard InChI is InChI=1S/C8H4BrClFNOS/c9-8-12-7-4(14-8)1-3(2-13)6(11)5(7)10/h1,13H,2H2. The number of aromatic nitrogens is 1. The van der Waals surface area contributed by atoms with Gasteiger partial charge in [-0.3, -0.25) is 0 Å². The van der Waals surface area contributed by atoms with E-state index in [0.717, 1.165) is 4.70 Å². The minimum atomic E-state index is -0.598. The van der Waals surface area contributed by atoms with Crippen molar-refractivity contribution in [3.63, 3.8) is 0 Å². The summed E-state index contributed by atoms with van der Waals surface area (Å²) in [7, 11) is 0. The Balaban J connectivity index is 2.84. The van der Waals surface area contributed by atoms with Crippen LogP contribution in [0.4, 0.5) is 4.39 Å². The molecule has 2 nitrogen and oxygen atoms in total. The molecule has 74 valence electrons. The molecule has 1 N–H and O–H groups in total. The third-order valence-electron chi connectivity index (χ3n) is 1.79. The predicted octanol–water partition coefficient (Wildman–Crippen LogP) is 3.34. The van der Waals surface area contributed by atoms with Crippen molar-refractivity contribution in [2.24, 2.45) is 0 Å². The van der Waals surface area contributed by atoms with Crippen molar-refractivity contribution < 1.29 is 9.50 Å². The molecule has 1 aromatic carbocycles. The number of fused-ring (bicyclic) bond motifs is 1. The van der Waals surface area contributed by atoms with E-state index in [4.69, 9.17) is 16.7 Å². The molecule has 0 bridgehead atoms. The number of halogens is 3. The van der Waals surface area contributed by atoms with Crippen molar-refractivity contribution >= 4 is 49.1 Å². The first-order valence-corrected chi connectivity index (χ1v) is 5.66. The van der Waals surface area contributed by atoms with Crippen molar-refractivity contribution in [3.05, 3.63) is 26.4 Å². The maximum absolute atomic E-state index is 13.4. The molecule has 0 amide bonds. The van der Waals surface area contributed by atoms with Gasteiger partial charge in [-0.05, 0) is 22.0 Å². The van der Waals surface area contributed by atoms with E-state index in [9.17, 15) is 4.39 Å². The Morgan fingerprint density at radius 3 is 3.00 bits per heavy atom. The van der Waals surface area contributed by atoms with Crippen LogP contribution in [0, 0.1) is 5.82 Å². The van der Waals surface area contributed by atoms with E-state index in [1.807, 2.05) is 0 Å². The van der Waals surface area contributed by atoms with Crippen LogP contribution < -0.4 is 0 Å². The summed E-state index contributed by atoms with van der Waals surface area (Å²) >= 11 is 10.3. The molecule has 0 saturated carbocycles. The van der Waals surface area contributed by atoms with Crippen molar-refractivity contribution in [2.75, 3.05) is 0 Å². The predicted molar refractivity (Wildman–Crippen MR) is 58.2 cm³/mol. The quantitative estimate of drug-likeness (QED) is 0.875. The van der Waals surface area contributed by atoms with Crippen molar-refractivity contribution in [3.8, 4) is 0 Å². The Morgan fingerprint density at radius 2 is 2.36 bits per heavy atom. The molecule has 0 spiro atoms. The first-order valence-electron chi connectivity index (χ1n) is 3.67. The van der Waals surface area contributed by atoms with Gasteiger partial charge in [0.15, 0.2) is 3.92 Å². The normalized spacial score (nSPS) is 11.1. The Hall–Kier alpha value is -0.230. The van der Waals surface area contributed by atoms with E-state index in [-0.39, 0.29) is 17.2 Å². The van der Waals surface area contributed by atoms with E-state index < -0.39 is 5.82 Å². The number of rotatable bonds is 1. The molecule has 1 aromatic heterocycles. The molecule has 0 unspecified atom stereocenters.